The molecule has 2 unspecified atom stereocenters. The lowest BCUT2D eigenvalue weighted by Crippen LogP contribution is -2.37. The van der Waals surface area contributed by atoms with Crippen LogP contribution in [0.5, 0.6) is 6.01 Å². The minimum Gasteiger partial charge on any atom is -0.462 e. The van der Waals surface area contributed by atoms with Crippen LogP contribution in [0.25, 0.3) is 32.9 Å². The van der Waals surface area contributed by atoms with Gasteiger partial charge in [0.25, 0.3) is 0 Å². The zero-order valence-electron chi connectivity index (χ0n) is 25.8. The van der Waals surface area contributed by atoms with Gasteiger partial charge in [-0.3, -0.25) is 10.3 Å². The molecular weight excluding hydrogens is 599 g/mol. The molecule has 0 radical (unpaired) electrons. The molecule has 9 nitrogen and oxygen atoms in total. The molecule has 3 fully saturated rings. The molecule has 2 bridgehead atoms. The molecule has 1 aliphatic heterocycles. The molecule has 240 valence electrons. The topological polar surface area (TPSA) is 107 Å². The second kappa shape index (κ2) is 11.1. The number of piperidine rings is 1. The van der Waals surface area contributed by atoms with E-state index in [0.29, 0.717) is 35.9 Å². The summed E-state index contributed by atoms with van der Waals surface area (Å²) < 4.78 is 58.0. The Morgan fingerprint density at radius 3 is 2.50 bits per heavy atom. The lowest BCUT2D eigenvalue weighted by Gasteiger charge is -2.33. The fraction of sp³-hybridized carbons (Fsp3) is 0.441. The minimum absolute atomic E-state index is 0.0692. The molecule has 1 saturated heterocycles. The van der Waals surface area contributed by atoms with E-state index in [-0.39, 0.29) is 45.9 Å². The highest BCUT2D eigenvalue weighted by molar-refractivity contribution is 6.02. The summed E-state index contributed by atoms with van der Waals surface area (Å²) in [5.74, 6) is -1.71. The maximum atomic E-state index is 16.8. The SMILES string of the molecule is CC(C)(C)OC(=O)Nc1cc(-c2ncc3c(N4CC5CCC(C5)C4)nc(OCC4(C=O)CC4)nc3c2F)c2c(F)c(F)ccc2c1. The van der Waals surface area contributed by atoms with Crippen molar-refractivity contribution in [2.24, 2.45) is 17.3 Å². The number of nitrogens with one attached hydrogen (secondary N) is 1. The molecule has 2 aromatic carbocycles. The summed E-state index contributed by atoms with van der Waals surface area (Å²) in [5, 5.41) is 2.96. The third-order valence-corrected chi connectivity index (χ3v) is 9.09. The first kappa shape index (κ1) is 30.2. The molecule has 3 heterocycles. The Kier molecular flexibility index (Phi) is 7.28. The second-order valence-corrected chi connectivity index (χ2v) is 13.8. The van der Waals surface area contributed by atoms with Crippen LogP contribution in [0.1, 0.15) is 52.9 Å². The minimum atomic E-state index is -1.18. The van der Waals surface area contributed by atoms with Crippen LogP contribution in [0.4, 0.5) is 29.5 Å². The fourth-order valence-electron chi connectivity index (χ4n) is 6.64. The van der Waals surface area contributed by atoms with Gasteiger partial charge in [0, 0.05) is 35.9 Å². The largest absolute Gasteiger partial charge is 0.462 e. The molecule has 3 aliphatic rings. The summed E-state index contributed by atoms with van der Waals surface area (Å²) in [6.45, 7) is 6.68. The lowest BCUT2D eigenvalue weighted by atomic mass is 9.98. The molecule has 12 heteroatoms. The van der Waals surface area contributed by atoms with Gasteiger partial charge < -0.3 is 19.2 Å². The fourth-order valence-corrected chi connectivity index (χ4v) is 6.64. The third kappa shape index (κ3) is 5.69. The molecule has 2 aliphatic carbocycles. The first-order chi connectivity index (χ1) is 21.9. The molecule has 2 saturated carbocycles. The zero-order chi connectivity index (χ0) is 32.4. The van der Waals surface area contributed by atoms with Gasteiger partial charge in [-0.25, -0.2) is 18.0 Å². The second-order valence-electron chi connectivity index (χ2n) is 13.8. The highest BCUT2D eigenvalue weighted by Crippen LogP contribution is 2.45. The van der Waals surface area contributed by atoms with E-state index in [4.69, 9.17) is 9.47 Å². The molecule has 7 rings (SSSR count). The van der Waals surface area contributed by atoms with Crippen molar-refractivity contribution in [3.05, 3.63) is 47.9 Å². The van der Waals surface area contributed by atoms with Crippen LogP contribution in [0, 0.1) is 34.7 Å². The lowest BCUT2D eigenvalue weighted by molar-refractivity contribution is -0.113. The van der Waals surface area contributed by atoms with Gasteiger partial charge in [0.05, 0.1) is 10.8 Å². The van der Waals surface area contributed by atoms with Crippen molar-refractivity contribution < 1.29 is 32.2 Å². The third-order valence-electron chi connectivity index (χ3n) is 9.09. The van der Waals surface area contributed by atoms with Crippen molar-refractivity contribution >= 4 is 45.6 Å². The molecular formula is C34H34F3N5O4. The number of anilines is 2. The van der Waals surface area contributed by atoms with Gasteiger partial charge in [-0.1, -0.05) is 6.07 Å². The summed E-state index contributed by atoms with van der Waals surface area (Å²) in [6, 6.07) is 5.00. The number of carbonyl (C=O) groups is 2. The van der Waals surface area contributed by atoms with E-state index < -0.39 is 34.6 Å². The average Bonchev–Trinajstić information content (AvgIpc) is 3.72. The van der Waals surface area contributed by atoms with E-state index in [0.717, 1.165) is 44.7 Å². The predicted octanol–water partition coefficient (Wildman–Crippen LogP) is 7.20. The van der Waals surface area contributed by atoms with Crippen LogP contribution in [-0.2, 0) is 9.53 Å². The van der Waals surface area contributed by atoms with Gasteiger partial charge >= 0.3 is 12.1 Å². The van der Waals surface area contributed by atoms with E-state index in [9.17, 15) is 14.0 Å². The summed E-state index contributed by atoms with van der Waals surface area (Å²) in [6.07, 6.45) is 6.31. The van der Waals surface area contributed by atoms with E-state index in [2.05, 4.69) is 25.2 Å². The van der Waals surface area contributed by atoms with E-state index >= 15 is 8.78 Å². The number of hydrogen-bond donors (Lipinski definition) is 1. The smallest absolute Gasteiger partial charge is 0.412 e. The number of benzene rings is 2. The number of fused-ring (bicyclic) bond motifs is 4. The molecule has 4 aromatic rings. The van der Waals surface area contributed by atoms with Gasteiger partial charge in [-0.15, -0.1) is 0 Å². The number of hydrogen-bond acceptors (Lipinski definition) is 8. The Morgan fingerprint density at radius 2 is 1.83 bits per heavy atom. The number of halogens is 3. The predicted molar refractivity (Wildman–Crippen MR) is 166 cm³/mol. The molecule has 1 amide bonds. The van der Waals surface area contributed by atoms with Crippen LogP contribution in [0.15, 0.2) is 30.5 Å². The van der Waals surface area contributed by atoms with Crippen molar-refractivity contribution in [1.82, 2.24) is 15.0 Å². The first-order valence-electron chi connectivity index (χ1n) is 15.5. The Morgan fingerprint density at radius 1 is 1.09 bits per heavy atom. The number of amides is 1. The van der Waals surface area contributed by atoms with Crippen molar-refractivity contribution in [2.45, 2.75) is 58.5 Å². The summed E-state index contributed by atoms with van der Waals surface area (Å²) in [4.78, 5) is 39.8. The molecule has 2 aromatic heterocycles. The van der Waals surface area contributed by atoms with Crippen LogP contribution in [0.3, 0.4) is 0 Å². The molecule has 46 heavy (non-hydrogen) atoms. The van der Waals surface area contributed by atoms with Crippen LogP contribution in [0.2, 0.25) is 0 Å². The molecule has 1 N–H and O–H groups in total. The maximum absolute atomic E-state index is 16.8. The van der Waals surface area contributed by atoms with Gasteiger partial charge in [-0.2, -0.15) is 9.97 Å². The first-order valence-corrected chi connectivity index (χ1v) is 15.5. The van der Waals surface area contributed by atoms with Gasteiger partial charge in [0.15, 0.2) is 17.5 Å². The summed E-state index contributed by atoms with van der Waals surface area (Å²) in [5.41, 5.74) is -1.70. The van der Waals surface area contributed by atoms with Crippen LogP contribution < -0.4 is 15.0 Å². The van der Waals surface area contributed by atoms with E-state index in [1.54, 1.807) is 20.8 Å². The standard InChI is InChI=1S/C34H34F3N5O4/c1-33(2,3)46-32(44)39-21-11-20-6-7-24(35)26(36)25(20)22(12-21)28-27(37)29-23(13-38-28)30(42-14-18-4-5-19(10-18)15-42)41-31(40-29)45-17-34(16-43)8-9-34/h6-7,11-13,16,18-19H,4-5,8-10,14-15,17H2,1-3H3,(H,39,44). The van der Waals surface area contributed by atoms with Gasteiger partial charge in [-0.05, 0) is 88.3 Å². The zero-order valence-corrected chi connectivity index (χ0v) is 25.8. The Bertz CT molecular complexity index is 1880. The number of carbonyl (C=O) groups excluding carboxylic acids is 2. The summed E-state index contributed by atoms with van der Waals surface area (Å²) >= 11 is 0. The van der Waals surface area contributed by atoms with Crippen molar-refractivity contribution in [1.29, 1.82) is 0 Å². The number of aromatic nitrogens is 3. The Hall–Kier alpha value is -4.48. The van der Waals surface area contributed by atoms with E-state index in [1.165, 1.54) is 24.4 Å². The number of rotatable bonds is 7. The van der Waals surface area contributed by atoms with Gasteiger partial charge in [0.2, 0.25) is 0 Å². The van der Waals surface area contributed by atoms with Crippen molar-refractivity contribution in [2.75, 3.05) is 29.9 Å². The maximum Gasteiger partial charge on any atom is 0.412 e. The van der Waals surface area contributed by atoms with Crippen LogP contribution >= 0.6 is 0 Å². The number of nitrogens with zero attached hydrogens (tertiary/aromatic N) is 4. The normalized spacial score (nSPS) is 20.2. The van der Waals surface area contributed by atoms with Crippen molar-refractivity contribution in [3.8, 4) is 17.3 Å². The van der Waals surface area contributed by atoms with Gasteiger partial charge in [0.1, 0.15) is 35.5 Å². The highest BCUT2D eigenvalue weighted by Gasteiger charge is 2.44. The number of pyridine rings is 1. The highest BCUT2D eigenvalue weighted by atomic mass is 19.2. The summed E-state index contributed by atoms with van der Waals surface area (Å²) in [7, 11) is 0. The van der Waals surface area contributed by atoms with Crippen molar-refractivity contribution in [3.63, 3.8) is 0 Å². The Labute approximate surface area is 263 Å². The van der Waals surface area contributed by atoms with E-state index in [1.807, 2.05) is 0 Å². The Balaban J connectivity index is 1.37. The molecule has 0 spiro atoms. The number of aldehydes is 1. The van der Waals surface area contributed by atoms with Crippen LogP contribution in [-0.4, -0.2) is 52.6 Å². The average molecular weight is 634 g/mol. The number of ether oxygens (including phenoxy) is 2. The quantitative estimate of drug-likeness (QED) is 0.213. The molecule has 2 atom stereocenters. The monoisotopic (exact) mass is 633 g/mol.